The fraction of sp³-hybridized carbons (Fsp3) is 0.310. The molecule has 38 heavy (non-hydrogen) atoms. The van der Waals surface area contributed by atoms with Gasteiger partial charge in [0.2, 0.25) is 0 Å². The number of benzene rings is 1. The van der Waals surface area contributed by atoms with Crippen molar-refractivity contribution in [2.45, 2.75) is 52.1 Å². The van der Waals surface area contributed by atoms with Crippen molar-refractivity contribution < 1.29 is 4.79 Å². The van der Waals surface area contributed by atoms with Gasteiger partial charge in [-0.2, -0.15) is 5.10 Å². The number of aryl methyl sites for hydroxylation is 3. The predicted octanol–water partition coefficient (Wildman–Crippen LogP) is 4.23. The van der Waals surface area contributed by atoms with Crippen LogP contribution in [-0.4, -0.2) is 30.2 Å². The Morgan fingerprint density at radius 1 is 1.13 bits per heavy atom. The molecule has 0 bridgehead atoms. The van der Waals surface area contributed by atoms with Crippen LogP contribution in [0.15, 0.2) is 52.4 Å². The molecule has 4 heterocycles. The number of rotatable bonds is 5. The van der Waals surface area contributed by atoms with E-state index in [4.69, 9.17) is 5.10 Å². The van der Waals surface area contributed by atoms with Gasteiger partial charge in [0, 0.05) is 53.6 Å². The maximum atomic E-state index is 13.6. The third-order valence-corrected chi connectivity index (χ3v) is 7.76. The number of carbonyl (C=O) groups is 1. The van der Waals surface area contributed by atoms with Gasteiger partial charge in [0.15, 0.2) is 0 Å². The first kappa shape index (κ1) is 24.0. The summed E-state index contributed by atoms with van der Waals surface area (Å²) in [6.07, 6.45) is 9.77. The number of hydrogen-bond donors (Lipinski definition) is 3. The van der Waals surface area contributed by atoms with Crippen LogP contribution in [0.25, 0.3) is 32.9 Å². The minimum Gasteiger partial charge on any atom is -0.357 e. The molecule has 0 radical (unpaired) electrons. The van der Waals surface area contributed by atoms with E-state index in [9.17, 15) is 14.4 Å². The number of hydrogen-bond acceptors (Lipinski definition) is 4. The van der Waals surface area contributed by atoms with E-state index in [0.717, 1.165) is 64.4 Å². The largest absolute Gasteiger partial charge is 0.357 e. The van der Waals surface area contributed by atoms with Crippen LogP contribution in [0.5, 0.6) is 0 Å². The molecule has 3 N–H and O–H groups in total. The summed E-state index contributed by atoms with van der Waals surface area (Å²) in [4.78, 5) is 44.7. The number of H-pyrrole nitrogens is 2. The van der Waals surface area contributed by atoms with Gasteiger partial charge < -0.3 is 19.9 Å². The molecule has 0 unspecified atom stereocenters. The SMILES string of the molecule is Cc1cc(C)c(CNC(=O)c2cc(-c3cn(C)c(=O)c4[nH]ccc34)cc3c2cnn3C2CCCC2)c(=O)[nH]1. The first-order valence-electron chi connectivity index (χ1n) is 13.0. The van der Waals surface area contributed by atoms with Crippen LogP contribution in [0.2, 0.25) is 0 Å². The van der Waals surface area contributed by atoms with E-state index in [1.807, 2.05) is 42.9 Å². The minimum atomic E-state index is -0.280. The van der Waals surface area contributed by atoms with Gasteiger partial charge in [-0.05, 0) is 62.1 Å². The quantitative estimate of drug-likeness (QED) is 0.328. The second-order valence-electron chi connectivity index (χ2n) is 10.3. The van der Waals surface area contributed by atoms with Crippen LogP contribution in [0.4, 0.5) is 0 Å². The predicted molar refractivity (Wildman–Crippen MR) is 147 cm³/mol. The lowest BCUT2D eigenvalue weighted by Gasteiger charge is -2.15. The summed E-state index contributed by atoms with van der Waals surface area (Å²) >= 11 is 0. The second-order valence-corrected chi connectivity index (χ2v) is 10.3. The van der Waals surface area contributed by atoms with Crippen LogP contribution in [0, 0.1) is 13.8 Å². The third-order valence-electron chi connectivity index (χ3n) is 7.76. The standard InChI is InChI=1S/C29H30N6O3/c1-16-10-17(2)33-28(37)22(16)13-31-27(36)21-11-18(24-15-34(3)29(38)26-20(24)8-9-30-26)12-25-23(21)14-32-35(25)19-6-4-5-7-19/h8-12,14-15,19,30H,4-7,13H2,1-3H3,(H,31,36)(H,33,37). The molecular formula is C29H30N6O3. The molecule has 0 saturated heterocycles. The summed E-state index contributed by atoms with van der Waals surface area (Å²) in [5.41, 5.74) is 5.42. The zero-order valence-electron chi connectivity index (χ0n) is 21.7. The number of fused-ring (bicyclic) bond motifs is 2. The molecule has 0 atom stereocenters. The van der Waals surface area contributed by atoms with Gasteiger partial charge in [0.05, 0.1) is 23.3 Å². The Labute approximate surface area is 218 Å². The Morgan fingerprint density at radius 2 is 1.92 bits per heavy atom. The van der Waals surface area contributed by atoms with E-state index in [-0.39, 0.29) is 23.6 Å². The summed E-state index contributed by atoms with van der Waals surface area (Å²) in [7, 11) is 1.72. The highest BCUT2D eigenvalue weighted by Gasteiger charge is 2.23. The monoisotopic (exact) mass is 510 g/mol. The Morgan fingerprint density at radius 3 is 2.68 bits per heavy atom. The molecule has 1 saturated carbocycles. The average molecular weight is 511 g/mol. The Balaban J connectivity index is 1.49. The molecule has 9 nitrogen and oxygen atoms in total. The fourth-order valence-corrected chi connectivity index (χ4v) is 5.79. The van der Waals surface area contributed by atoms with Crippen LogP contribution in [0.1, 0.15) is 58.9 Å². The van der Waals surface area contributed by atoms with Crippen molar-refractivity contribution >= 4 is 27.7 Å². The van der Waals surface area contributed by atoms with Crippen molar-refractivity contribution in [3.8, 4) is 11.1 Å². The van der Waals surface area contributed by atoms with Crippen molar-refractivity contribution in [1.29, 1.82) is 0 Å². The van der Waals surface area contributed by atoms with Gasteiger partial charge in [0.25, 0.3) is 17.0 Å². The smallest absolute Gasteiger partial charge is 0.274 e. The van der Waals surface area contributed by atoms with Gasteiger partial charge in [-0.1, -0.05) is 12.8 Å². The Kier molecular flexibility index (Phi) is 5.78. The molecule has 5 aromatic rings. The topological polar surface area (TPSA) is 118 Å². The van der Waals surface area contributed by atoms with Crippen molar-refractivity contribution in [3.63, 3.8) is 0 Å². The zero-order chi connectivity index (χ0) is 26.6. The van der Waals surface area contributed by atoms with Gasteiger partial charge in [-0.3, -0.25) is 19.1 Å². The van der Waals surface area contributed by atoms with Crippen molar-refractivity contribution in [1.82, 2.24) is 29.6 Å². The summed E-state index contributed by atoms with van der Waals surface area (Å²) in [6, 6.07) is 8.00. The van der Waals surface area contributed by atoms with Gasteiger partial charge in [-0.25, -0.2) is 0 Å². The highest BCUT2D eigenvalue weighted by Crippen LogP contribution is 2.36. The normalized spacial score (nSPS) is 14.1. The van der Waals surface area contributed by atoms with Gasteiger partial charge in [-0.15, -0.1) is 0 Å². The number of aromatic amines is 2. The second kappa shape index (κ2) is 9.16. The summed E-state index contributed by atoms with van der Waals surface area (Å²) in [6.45, 7) is 3.82. The van der Waals surface area contributed by atoms with E-state index in [2.05, 4.69) is 21.4 Å². The molecule has 0 aliphatic heterocycles. The van der Waals surface area contributed by atoms with Crippen LogP contribution < -0.4 is 16.4 Å². The lowest BCUT2D eigenvalue weighted by Crippen LogP contribution is -2.28. The van der Waals surface area contributed by atoms with E-state index in [0.29, 0.717) is 22.7 Å². The molecule has 1 aliphatic rings. The maximum absolute atomic E-state index is 13.6. The van der Waals surface area contributed by atoms with Crippen LogP contribution in [-0.2, 0) is 13.6 Å². The van der Waals surface area contributed by atoms with Gasteiger partial charge in [0.1, 0.15) is 5.52 Å². The molecule has 1 aromatic carbocycles. The molecule has 1 amide bonds. The van der Waals surface area contributed by atoms with Gasteiger partial charge >= 0.3 is 0 Å². The van der Waals surface area contributed by atoms with Crippen LogP contribution in [0.3, 0.4) is 0 Å². The molecule has 1 aliphatic carbocycles. The first-order chi connectivity index (χ1) is 18.3. The van der Waals surface area contributed by atoms with Crippen molar-refractivity contribution in [2.75, 3.05) is 0 Å². The van der Waals surface area contributed by atoms with E-state index < -0.39 is 0 Å². The average Bonchev–Trinajstić information content (AvgIpc) is 3.65. The number of pyridine rings is 2. The molecule has 1 fully saturated rings. The highest BCUT2D eigenvalue weighted by atomic mass is 16.2. The fourth-order valence-electron chi connectivity index (χ4n) is 5.79. The van der Waals surface area contributed by atoms with E-state index >= 15 is 0 Å². The Hall–Kier alpha value is -4.40. The van der Waals surface area contributed by atoms with Crippen molar-refractivity contribution in [3.05, 3.63) is 85.9 Å². The Bertz CT molecular complexity index is 1830. The zero-order valence-corrected chi connectivity index (χ0v) is 21.7. The number of carbonyl (C=O) groups excluding carboxylic acids is 1. The lowest BCUT2D eigenvalue weighted by molar-refractivity contribution is 0.0952. The number of nitrogens with one attached hydrogen (secondary N) is 3. The first-order valence-corrected chi connectivity index (χ1v) is 13.0. The van der Waals surface area contributed by atoms with E-state index in [1.54, 1.807) is 24.0 Å². The minimum absolute atomic E-state index is 0.109. The maximum Gasteiger partial charge on any atom is 0.274 e. The van der Waals surface area contributed by atoms with E-state index in [1.165, 1.54) is 0 Å². The number of nitrogens with zero attached hydrogens (tertiary/aromatic N) is 3. The van der Waals surface area contributed by atoms with Crippen molar-refractivity contribution in [2.24, 2.45) is 7.05 Å². The molecular weight excluding hydrogens is 480 g/mol. The molecule has 6 rings (SSSR count). The molecule has 9 heteroatoms. The van der Waals surface area contributed by atoms with Crippen LogP contribution >= 0.6 is 0 Å². The summed E-state index contributed by atoms with van der Waals surface area (Å²) < 4.78 is 3.60. The molecule has 194 valence electrons. The molecule has 4 aromatic heterocycles. The third kappa shape index (κ3) is 3.95. The number of amides is 1. The molecule has 0 spiro atoms. The number of aromatic nitrogens is 5. The summed E-state index contributed by atoms with van der Waals surface area (Å²) in [5.74, 6) is -0.280. The summed E-state index contributed by atoms with van der Waals surface area (Å²) in [5, 5.41) is 9.24. The lowest BCUT2D eigenvalue weighted by atomic mass is 9.98. The highest BCUT2D eigenvalue weighted by molar-refractivity contribution is 6.09.